The van der Waals surface area contributed by atoms with Crippen LogP contribution in [0.15, 0.2) is 0 Å². The number of piperidine rings is 1. The third kappa shape index (κ3) is 3.69. The second-order valence-corrected chi connectivity index (χ2v) is 6.51. The molecule has 0 aromatic rings. The van der Waals surface area contributed by atoms with Crippen molar-refractivity contribution in [2.24, 2.45) is 5.41 Å². The van der Waals surface area contributed by atoms with E-state index in [0.717, 1.165) is 32.4 Å². The van der Waals surface area contributed by atoms with Gasteiger partial charge in [-0.1, -0.05) is 26.2 Å². The predicted octanol–water partition coefficient (Wildman–Crippen LogP) is 2.95. The number of hydrogen-bond donors (Lipinski definition) is 1. The normalized spacial score (nSPS) is 22.7. The molecular formula is C16H28N2O3. The molecule has 2 aliphatic heterocycles. The average molecular weight is 296 g/mol. The van der Waals surface area contributed by atoms with E-state index in [1.807, 2.05) is 16.7 Å². The van der Waals surface area contributed by atoms with Gasteiger partial charge in [-0.05, 0) is 32.1 Å². The van der Waals surface area contributed by atoms with Crippen molar-refractivity contribution in [1.29, 1.82) is 0 Å². The van der Waals surface area contributed by atoms with E-state index in [0.29, 0.717) is 32.4 Å². The summed E-state index contributed by atoms with van der Waals surface area (Å²) in [4.78, 5) is 27.9. The number of likely N-dealkylation sites (tertiary alicyclic amines) is 2. The first-order valence-electron chi connectivity index (χ1n) is 8.36. The SMILES string of the molecule is CCCC1(C(=O)O)CCN(C(=O)N2CCCCCC2)CC1. The van der Waals surface area contributed by atoms with E-state index in [4.69, 9.17) is 0 Å². The van der Waals surface area contributed by atoms with E-state index in [2.05, 4.69) is 0 Å². The van der Waals surface area contributed by atoms with Crippen LogP contribution in [0.1, 0.15) is 58.3 Å². The van der Waals surface area contributed by atoms with Crippen molar-refractivity contribution < 1.29 is 14.7 Å². The molecule has 2 aliphatic rings. The van der Waals surface area contributed by atoms with E-state index >= 15 is 0 Å². The number of carboxylic acid groups (broad SMARTS) is 1. The zero-order valence-electron chi connectivity index (χ0n) is 13.1. The minimum absolute atomic E-state index is 0.118. The highest BCUT2D eigenvalue weighted by atomic mass is 16.4. The molecule has 0 spiro atoms. The molecule has 0 bridgehead atoms. The largest absolute Gasteiger partial charge is 0.481 e. The average Bonchev–Trinajstić information content (AvgIpc) is 2.76. The highest BCUT2D eigenvalue weighted by Crippen LogP contribution is 2.36. The third-order valence-electron chi connectivity index (χ3n) is 5.05. The molecule has 0 aromatic heterocycles. The number of carbonyl (C=O) groups excluding carboxylic acids is 1. The van der Waals surface area contributed by atoms with Gasteiger partial charge in [0.1, 0.15) is 0 Å². The Hall–Kier alpha value is -1.26. The van der Waals surface area contributed by atoms with E-state index in [9.17, 15) is 14.7 Å². The third-order valence-corrected chi connectivity index (χ3v) is 5.05. The second-order valence-electron chi connectivity index (χ2n) is 6.51. The first-order valence-corrected chi connectivity index (χ1v) is 8.36. The molecule has 0 saturated carbocycles. The first kappa shape index (κ1) is 16.1. The van der Waals surface area contributed by atoms with Crippen molar-refractivity contribution in [2.45, 2.75) is 58.3 Å². The zero-order valence-corrected chi connectivity index (χ0v) is 13.1. The fourth-order valence-corrected chi connectivity index (χ4v) is 3.64. The van der Waals surface area contributed by atoms with Crippen molar-refractivity contribution >= 4 is 12.0 Å². The van der Waals surface area contributed by atoms with Gasteiger partial charge in [0.25, 0.3) is 0 Å². The van der Waals surface area contributed by atoms with Gasteiger partial charge in [-0.25, -0.2) is 4.79 Å². The number of amides is 2. The zero-order chi connectivity index (χ0) is 15.3. The summed E-state index contributed by atoms with van der Waals surface area (Å²) in [5.74, 6) is -0.689. The summed E-state index contributed by atoms with van der Waals surface area (Å²) in [7, 11) is 0. The van der Waals surface area contributed by atoms with Crippen LogP contribution < -0.4 is 0 Å². The van der Waals surface area contributed by atoms with Gasteiger partial charge < -0.3 is 14.9 Å². The van der Waals surface area contributed by atoms with Gasteiger partial charge >= 0.3 is 12.0 Å². The number of aliphatic carboxylic acids is 1. The lowest BCUT2D eigenvalue weighted by Gasteiger charge is -2.40. The lowest BCUT2D eigenvalue weighted by atomic mass is 9.75. The minimum Gasteiger partial charge on any atom is -0.481 e. The summed E-state index contributed by atoms with van der Waals surface area (Å²) in [5, 5.41) is 9.52. The molecule has 21 heavy (non-hydrogen) atoms. The van der Waals surface area contributed by atoms with Crippen LogP contribution in [0.5, 0.6) is 0 Å². The number of hydrogen-bond acceptors (Lipinski definition) is 2. The Bertz CT molecular complexity index is 368. The minimum atomic E-state index is -0.689. The van der Waals surface area contributed by atoms with Gasteiger partial charge in [-0.2, -0.15) is 0 Å². The van der Waals surface area contributed by atoms with E-state index < -0.39 is 11.4 Å². The van der Waals surface area contributed by atoms with Crippen LogP contribution in [0.4, 0.5) is 4.79 Å². The summed E-state index contributed by atoms with van der Waals surface area (Å²) in [6.07, 6.45) is 7.39. The van der Waals surface area contributed by atoms with Crippen LogP contribution in [0, 0.1) is 5.41 Å². The fraction of sp³-hybridized carbons (Fsp3) is 0.875. The maximum absolute atomic E-state index is 12.5. The van der Waals surface area contributed by atoms with Gasteiger partial charge in [0.05, 0.1) is 5.41 Å². The molecule has 5 heteroatoms. The van der Waals surface area contributed by atoms with Crippen molar-refractivity contribution in [3.8, 4) is 0 Å². The number of rotatable bonds is 3. The Morgan fingerprint density at radius 1 is 0.952 bits per heavy atom. The Morgan fingerprint density at radius 2 is 1.48 bits per heavy atom. The lowest BCUT2D eigenvalue weighted by molar-refractivity contribution is -0.152. The Labute approximate surface area is 127 Å². The highest BCUT2D eigenvalue weighted by molar-refractivity contribution is 5.77. The molecular weight excluding hydrogens is 268 g/mol. The Balaban J connectivity index is 1.93. The summed E-state index contributed by atoms with van der Waals surface area (Å²) < 4.78 is 0. The standard InChI is InChI=1S/C16H28N2O3/c1-2-7-16(14(19)20)8-12-18(13-9-16)15(21)17-10-5-3-4-6-11-17/h2-13H2,1H3,(H,19,20). The number of carbonyl (C=O) groups is 2. The predicted molar refractivity (Wildman–Crippen MR) is 81.2 cm³/mol. The first-order chi connectivity index (χ1) is 10.1. The van der Waals surface area contributed by atoms with Crippen molar-refractivity contribution in [3.05, 3.63) is 0 Å². The van der Waals surface area contributed by atoms with Gasteiger partial charge in [0.15, 0.2) is 0 Å². The van der Waals surface area contributed by atoms with E-state index in [1.54, 1.807) is 0 Å². The Kier molecular flexibility index (Phi) is 5.48. The van der Waals surface area contributed by atoms with Crippen LogP contribution in [0.25, 0.3) is 0 Å². The molecule has 2 heterocycles. The molecule has 2 rings (SSSR count). The molecule has 120 valence electrons. The van der Waals surface area contributed by atoms with Crippen molar-refractivity contribution in [3.63, 3.8) is 0 Å². The van der Waals surface area contributed by atoms with Gasteiger partial charge in [0.2, 0.25) is 0 Å². The topological polar surface area (TPSA) is 60.9 Å². The molecule has 5 nitrogen and oxygen atoms in total. The molecule has 2 amide bonds. The van der Waals surface area contributed by atoms with Crippen LogP contribution in [0.3, 0.4) is 0 Å². The van der Waals surface area contributed by atoms with Crippen LogP contribution >= 0.6 is 0 Å². The summed E-state index contributed by atoms with van der Waals surface area (Å²) in [6, 6.07) is 0.118. The molecule has 0 unspecified atom stereocenters. The van der Waals surface area contributed by atoms with Gasteiger partial charge in [0, 0.05) is 26.2 Å². The molecule has 2 fully saturated rings. The van der Waals surface area contributed by atoms with Crippen LogP contribution in [-0.4, -0.2) is 53.1 Å². The molecule has 0 atom stereocenters. The quantitative estimate of drug-likeness (QED) is 0.871. The van der Waals surface area contributed by atoms with Crippen LogP contribution in [-0.2, 0) is 4.79 Å². The maximum Gasteiger partial charge on any atom is 0.319 e. The summed E-state index contributed by atoms with van der Waals surface area (Å²) >= 11 is 0. The van der Waals surface area contributed by atoms with Gasteiger partial charge in [-0.15, -0.1) is 0 Å². The molecule has 2 saturated heterocycles. The van der Waals surface area contributed by atoms with E-state index in [-0.39, 0.29) is 6.03 Å². The summed E-state index contributed by atoms with van der Waals surface area (Å²) in [5.41, 5.74) is -0.607. The number of carboxylic acids is 1. The van der Waals surface area contributed by atoms with Crippen molar-refractivity contribution in [2.75, 3.05) is 26.2 Å². The van der Waals surface area contributed by atoms with Gasteiger partial charge in [-0.3, -0.25) is 4.79 Å². The highest BCUT2D eigenvalue weighted by Gasteiger charge is 2.42. The number of urea groups is 1. The fourth-order valence-electron chi connectivity index (χ4n) is 3.64. The number of nitrogens with zero attached hydrogens (tertiary/aromatic N) is 2. The summed E-state index contributed by atoms with van der Waals surface area (Å²) in [6.45, 7) is 4.91. The molecule has 0 aliphatic carbocycles. The molecule has 0 aromatic carbocycles. The van der Waals surface area contributed by atoms with E-state index in [1.165, 1.54) is 12.8 Å². The second kappa shape index (κ2) is 7.14. The smallest absolute Gasteiger partial charge is 0.319 e. The monoisotopic (exact) mass is 296 g/mol. The maximum atomic E-state index is 12.5. The van der Waals surface area contributed by atoms with Crippen LogP contribution in [0.2, 0.25) is 0 Å². The molecule has 1 N–H and O–H groups in total. The molecule has 0 radical (unpaired) electrons. The van der Waals surface area contributed by atoms with Crippen molar-refractivity contribution in [1.82, 2.24) is 9.80 Å². The Morgan fingerprint density at radius 3 is 1.95 bits per heavy atom. The lowest BCUT2D eigenvalue weighted by Crippen LogP contribution is -2.51.